The van der Waals surface area contributed by atoms with Crippen LogP contribution in [0.1, 0.15) is 30.4 Å². The van der Waals surface area contributed by atoms with Crippen LogP contribution in [0.25, 0.3) is 0 Å². The molecule has 4 rings (SSSR count). The topological polar surface area (TPSA) is 70.6 Å². The number of carbonyl (C=O) groups is 1. The normalized spacial score (nSPS) is 19.1. The lowest BCUT2D eigenvalue weighted by atomic mass is 10.1. The van der Waals surface area contributed by atoms with E-state index in [4.69, 9.17) is 4.74 Å². The van der Waals surface area contributed by atoms with Crippen molar-refractivity contribution in [1.29, 1.82) is 0 Å². The summed E-state index contributed by atoms with van der Waals surface area (Å²) < 4.78 is 6.05. The Morgan fingerprint density at radius 1 is 1.18 bits per heavy atom. The summed E-state index contributed by atoms with van der Waals surface area (Å²) in [6, 6.07) is 7.76. The first-order valence-electron chi connectivity index (χ1n) is 9.96. The highest BCUT2D eigenvalue weighted by atomic mass is 16.5. The molecule has 7 nitrogen and oxygen atoms in total. The number of benzene rings is 1. The third kappa shape index (κ3) is 4.03. The van der Waals surface area contributed by atoms with E-state index >= 15 is 0 Å². The number of aromatic nitrogens is 2. The van der Waals surface area contributed by atoms with Crippen LogP contribution in [0.2, 0.25) is 0 Å². The Balaban J connectivity index is 1.34. The molecule has 0 bridgehead atoms. The van der Waals surface area contributed by atoms with Crippen LogP contribution >= 0.6 is 0 Å². The van der Waals surface area contributed by atoms with Crippen molar-refractivity contribution in [2.45, 2.75) is 39.2 Å². The Kier molecular flexibility index (Phi) is 5.32. The number of likely N-dealkylation sites (tertiary alicyclic amines) is 1. The lowest BCUT2D eigenvalue weighted by molar-refractivity contribution is 0.189. The van der Waals surface area contributed by atoms with Crippen molar-refractivity contribution in [3.63, 3.8) is 0 Å². The SMILES string of the molecule is Cc1cccc(NC(=O)N2CCC(Oc3cc(N4CCCC4)ncn3)C2)c1C. The van der Waals surface area contributed by atoms with Gasteiger partial charge in [0.05, 0.1) is 6.54 Å². The van der Waals surface area contributed by atoms with Crippen LogP contribution in [-0.2, 0) is 0 Å². The third-order valence-corrected chi connectivity index (χ3v) is 5.62. The molecule has 1 N–H and O–H groups in total. The van der Waals surface area contributed by atoms with E-state index in [1.165, 1.54) is 12.8 Å². The second kappa shape index (κ2) is 8.04. The summed E-state index contributed by atoms with van der Waals surface area (Å²) in [5.74, 6) is 1.50. The molecule has 0 spiro atoms. The lowest BCUT2D eigenvalue weighted by Crippen LogP contribution is -2.34. The Morgan fingerprint density at radius 3 is 2.82 bits per heavy atom. The molecule has 0 aliphatic carbocycles. The molecule has 1 unspecified atom stereocenters. The molecule has 1 atom stereocenters. The van der Waals surface area contributed by atoms with Gasteiger partial charge in [-0.1, -0.05) is 12.1 Å². The molecule has 2 aliphatic heterocycles. The Morgan fingerprint density at radius 2 is 2.00 bits per heavy atom. The highest BCUT2D eigenvalue weighted by molar-refractivity contribution is 5.90. The largest absolute Gasteiger partial charge is 0.472 e. The molecule has 3 heterocycles. The number of aryl methyl sites for hydroxylation is 1. The molecule has 0 saturated carbocycles. The average Bonchev–Trinajstić information content (AvgIpc) is 3.38. The predicted molar refractivity (Wildman–Crippen MR) is 109 cm³/mol. The Bertz CT molecular complexity index is 850. The molecule has 148 valence electrons. The first-order valence-corrected chi connectivity index (χ1v) is 9.96. The van der Waals surface area contributed by atoms with E-state index in [-0.39, 0.29) is 12.1 Å². The smallest absolute Gasteiger partial charge is 0.321 e. The number of amides is 2. The maximum absolute atomic E-state index is 12.6. The molecule has 28 heavy (non-hydrogen) atoms. The van der Waals surface area contributed by atoms with E-state index < -0.39 is 0 Å². The van der Waals surface area contributed by atoms with E-state index in [2.05, 4.69) is 20.2 Å². The van der Waals surface area contributed by atoms with Crippen LogP contribution in [0.4, 0.5) is 16.3 Å². The first kappa shape index (κ1) is 18.5. The third-order valence-electron chi connectivity index (χ3n) is 5.62. The molecule has 1 aromatic carbocycles. The molecule has 2 aromatic rings. The van der Waals surface area contributed by atoms with Gasteiger partial charge in [0.15, 0.2) is 0 Å². The van der Waals surface area contributed by atoms with Gasteiger partial charge in [-0.05, 0) is 43.9 Å². The van der Waals surface area contributed by atoms with Crippen LogP contribution < -0.4 is 15.0 Å². The summed E-state index contributed by atoms with van der Waals surface area (Å²) >= 11 is 0. The highest BCUT2D eigenvalue weighted by Crippen LogP contribution is 2.24. The number of nitrogens with zero attached hydrogens (tertiary/aromatic N) is 4. The lowest BCUT2D eigenvalue weighted by Gasteiger charge is -2.20. The summed E-state index contributed by atoms with van der Waals surface area (Å²) in [6.07, 6.45) is 4.71. The van der Waals surface area contributed by atoms with Gasteiger partial charge in [-0.25, -0.2) is 14.8 Å². The van der Waals surface area contributed by atoms with Gasteiger partial charge in [-0.3, -0.25) is 0 Å². The maximum atomic E-state index is 12.6. The number of ether oxygens (including phenoxy) is 1. The molecule has 0 radical (unpaired) electrons. The minimum Gasteiger partial charge on any atom is -0.472 e. The quantitative estimate of drug-likeness (QED) is 0.879. The predicted octanol–water partition coefficient (Wildman–Crippen LogP) is 3.38. The van der Waals surface area contributed by atoms with E-state index in [9.17, 15) is 4.79 Å². The number of carbonyl (C=O) groups excluding carboxylic acids is 1. The number of hydrogen-bond acceptors (Lipinski definition) is 5. The van der Waals surface area contributed by atoms with E-state index in [0.29, 0.717) is 19.0 Å². The molecule has 7 heteroatoms. The van der Waals surface area contributed by atoms with Gasteiger partial charge in [0.25, 0.3) is 0 Å². The summed E-state index contributed by atoms with van der Waals surface area (Å²) in [7, 11) is 0. The van der Waals surface area contributed by atoms with Gasteiger partial charge < -0.3 is 19.9 Å². The number of anilines is 2. The zero-order chi connectivity index (χ0) is 19.5. The first-order chi connectivity index (χ1) is 13.6. The summed E-state index contributed by atoms with van der Waals surface area (Å²) in [6.45, 7) is 7.36. The van der Waals surface area contributed by atoms with Crippen LogP contribution in [0, 0.1) is 13.8 Å². The zero-order valence-corrected chi connectivity index (χ0v) is 16.5. The number of hydrogen-bond donors (Lipinski definition) is 1. The van der Waals surface area contributed by atoms with Crippen LogP contribution in [0.5, 0.6) is 5.88 Å². The molecule has 1 aromatic heterocycles. The van der Waals surface area contributed by atoms with E-state index in [0.717, 1.165) is 42.1 Å². The van der Waals surface area contributed by atoms with Crippen molar-refractivity contribution < 1.29 is 9.53 Å². The van der Waals surface area contributed by atoms with Gasteiger partial charge in [0, 0.05) is 37.8 Å². The van der Waals surface area contributed by atoms with E-state index in [1.54, 1.807) is 11.2 Å². The monoisotopic (exact) mass is 381 g/mol. The number of nitrogens with one attached hydrogen (secondary N) is 1. The van der Waals surface area contributed by atoms with Crippen LogP contribution in [-0.4, -0.2) is 53.2 Å². The summed E-state index contributed by atoms with van der Waals surface area (Å²) in [4.78, 5) is 25.3. The van der Waals surface area contributed by atoms with Crippen molar-refractivity contribution in [2.24, 2.45) is 0 Å². The second-order valence-corrected chi connectivity index (χ2v) is 7.56. The van der Waals surface area contributed by atoms with E-state index in [1.807, 2.05) is 38.1 Å². The minimum absolute atomic E-state index is 0.0503. The van der Waals surface area contributed by atoms with Crippen LogP contribution in [0.3, 0.4) is 0 Å². The van der Waals surface area contributed by atoms with Gasteiger partial charge in [-0.15, -0.1) is 0 Å². The highest BCUT2D eigenvalue weighted by Gasteiger charge is 2.28. The Hall–Kier alpha value is -2.83. The van der Waals surface area contributed by atoms with Crippen molar-refractivity contribution >= 4 is 17.5 Å². The fourth-order valence-electron chi connectivity index (χ4n) is 3.77. The van der Waals surface area contributed by atoms with Crippen LogP contribution in [0.15, 0.2) is 30.6 Å². The van der Waals surface area contributed by atoms with Gasteiger partial charge in [-0.2, -0.15) is 0 Å². The standard InChI is InChI=1S/C21H27N5O2/c1-15-6-5-7-18(16(15)2)24-21(27)26-11-8-17(13-26)28-20-12-19(22-14-23-20)25-9-3-4-10-25/h5-7,12,14,17H,3-4,8-11,13H2,1-2H3,(H,24,27). The molecular formula is C21H27N5O2. The average molecular weight is 381 g/mol. The minimum atomic E-state index is -0.0831. The zero-order valence-electron chi connectivity index (χ0n) is 16.5. The van der Waals surface area contributed by atoms with Crippen molar-refractivity contribution in [3.8, 4) is 5.88 Å². The van der Waals surface area contributed by atoms with Gasteiger partial charge in [0.1, 0.15) is 18.2 Å². The van der Waals surface area contributed by atoms with Crippen molar-refractivity contribution in [1.82, 2.24) is 14.9 Å². The maximum Gasteiger partial charge on any atom is 0.321 e. The fourth-order valence-corrected chi connectivity index (χ4v) is 3.77. The van der Waals surface area contributed by atoms with Gasteiger partial charge in [0.2, 0.25) is 5.88 Å². The number of urea groups is 1. The summed E-state index contributed by atoms with van der Waals surface area (Å²) in [5, 5.41) is 3.02. The van der Waals surface area contributed by atoms with Crippen molar-refractivity contribution in [2.75, 3.05) is 36.4 Å². The Labute approximate surface area is 165 Å². The fraction of sp³-hybridized carbons (Fsp3) is 0.476. The molecular weight excluding hydrogens is 354 g/mol. The summed E-state index contributed by atoms with van der Waals surface area (Å²) in [5.41, 5.74) is 3.12. The molecule has 2 fully saturated rings. The molecule has 2 amide bonds. The molecule has 2 saturated heterocycles. The number of rotatable bonds is 4. The second-order valence-electron chi connectivity index (χ2n) is 7.56. The van der Waals surface area contributed by atoms with Gasteiger partial charge >= 0.3 is 6.03 Å². The van der Waals surface area contributed by atoms with Crippen molar-refractivity contribution in [3.05, 3.63) is 41.7 Å². The molecule has 2 aliphatic rings.